The number of rotatable bonds is 9. The molecule has 198 valence electrons. The van der Waals surface area contributed by atoms with Crippen molar-refractivity contribution in [3.63, 3.8) is 0 Å². The van der Waals surface area contributed by atoms with Gasteiger partial charge in [-0.05, 0) is 47.9 Å². The first-order chi connectivity index (χ1) is 18.1. The summed E-state index contributed by atoms with van der Waals surface area (Å²) in [6.07, 6.45) is -4.31. The van der Waals surface area contributed by atoms with E-state index in [0.717, 1.165) is 17.2 Å². The topological polar surface area (TPSA) is 98.2 Å². The number of aromatic nitrogens is 2. The zero-order valence-corrected chi connectivity index (χ0v) is 21.1. The summed E-state index contributed by atoms with van der Waals surface area (Å²) in [6.45, 7) is 0.0723. The molecule has 0 saturated carbocycles. The summed E-state index contributed by atoms with van der Waals surface area (Å²) in [5.41, 5.74) is -0.250. The molecule has 7 nitrogen and oxygen atoms in total. The minimum Gasteiger partial charge on any atom is -0.755 e. The summed E-state index contributed by atoms with van der Waals surface area (Å²) in [6, 6.07) is 16.7. The van der Waals surface area contributed by atoms with Gasteiger partial charge in [0.25, 0.3) is 5.91 Å². The zero-order valence-electron chi connectivity index (χ0n) is 19.4. The molecular weight excluding hydrogens is 544 g/mol. The van der Waals surface area contributed by atoms with Gasteiger partial charge in [-0.1, -0.05) is 42.5 Å². The molecule has 38 heavy (non-hydrogen) atoms. The third-order valence-electron chi connectivity index (χ3n) is 5.49. The van der Waals surface area contributed by atoms with E-state index in [-0.39, 0.29) is 30.0 Å². The van der Waals surface area contributed by atoms with E-state index < -0.39 is 40.4 Å². The van der Waals surface area contributed by atoms with E-state index in [1.54, 1.807) is 30.3 Å². The summed E-state index contributed by atoms with van der Waals surface area (Å²) < 4.78 is 87.3. The molecule has 0 saturated heterocycles. The van der Waals surface area contributed by atoms with Crippen LogP contribution in [-0.2, 0) is 30.3 Å². The van der Waals surface area contributed by atoms with E-state index in [1.165, 1.54) is 24.3 Å². The molecule has 0 spiro atoms. The Morgan fingerprint density at radius 1 is 1.00 bits per heavy atom. The normalized spacial score (nSPS) is 12.2. The number of benzene rings is 3. The Morgan fingerprint density at radius 2 is 1.71 bits per heavy atom. The van der Waals surface area contributed by atoms with Gasteiger partial charge in [0.15, 0.2) is 5.82 Å². The Kier molecular flexibility index (Phi) is 8.49. The third-order valence-corrected chi connectivity index (χ3v) is 6.72. The molecule has 1 amide bonds. The van der Waals surface area contributed by atoms with Crippen LogP contribution in [0.5, 0.6) is 0 Å². The van der Waals surface area contributed by atoms with Gasteiger partial charge < -0.3 is 9.87 Å². The second kappa shape index (κ2) is 11.8. The maximum Gasteiger partial charge on any atom is 0.416 e. The van der Waals surface area contributed by atoms with E-state index >= 15 is 0 Å². The molecule has 0 aliphatic carbocycles. The molecule has 3 aromatic carbocycles. The van der Waals surface area contributed by atoms with Crippen molar-refractivity contribution in [1.29, 1.82) is 0 Å². The van der Waals surface area contributed by atoms with Crippen molar-refractivity contribution >= 4 is 40.4 Å². The largest absolute Gasteiger partial charge is 0.755 e. The van der Waals surface area contributed by atoms with E-state index in [2.05, 4.69) is 14.1 Å². The number of hydrogen-bond donors (Lipinski definition) is 1. The molecule has 13 heteroatoms. The molecule has 0 bridgehead atoms. The Hall–Kier alpha value is -3.68. The molecule has 0 fully saturated rings. The first kappa shape index (κ1) is 27.4. The molecule has 0 radical (unpaired) electrons. The predicted octanol–water partition coefficient (Wildman–Crippen LogP) is 5.19. The fraction of sp³-hybridized carbons (Fsp3) is 0.160. The van der Waals surface area contributed by atoms with Gasteiger partial charge in [0, 0.05) is 13.0 Å². The number of carbonyl (C=O) groups is 1. The molecule has 1 aromatic heterocycles. The van der Waals surface area contributed by atoms with Gasteiger partial charge in [-0.25, -0.2) is 4.39 Å². The average Bonchev–Trinajstić information content (AvgIpc) is 3.32. The third kappa shape index (κ3) is 6.60. The number of carbonyl (C=O) groups excluding carboxylic acids is 1. The van der Waals surface area contributed by atoms with Crippen LogP contribution in [-0.4, -0.2) is 30.0 Å². The van der Waals surface area contributed by atoms with Crippen LogP contribution in [0.15, 0.2) is 72.8 Å². The fourth-order valence-electron chi connectivity index (χ4n) is 3.66. The number of amides is 1. The lowest BCUT2D eigenvalue weighted by atomic mass is 10.1. The van der Waals surface area contributed by atoms with Crippen molar-refractivity contribution < 1.29 is 31.1 Å². The van der Waals surface area contributed by atoms with Gasteiger partial charge in [0.1, 0.15) is 11.5 Å². The van der Waals surface area contributed by atoms with Crippen LogP contribution in [0.2, 0.25) is 0 Å². The number of nitrogens with zero attached hydrogens (tertiary/aromatic N) is 3. The van der Waals surface area contributed by atoms with Crippen LogP contribution >= 0.6 is 11.7 Å². The minimum atomic E-state index is -4.80. The molecular formula is C25H19F4N4O3S2-. The van der Waals surface area contributed by atoms with Crippen LogP contribution in [0.3, 0.4) is 0 Å². The summed E-state index contributed by atoms with van der Waals surface area (Å²) in [7, 11) is 0. The van der Waals surface area contributed by atoms with Crippen LogP contribution in [0.4, 0.5) is 29.1 Å². The van der Waals surface area contributed by atoms with Crippen LogP contribution < -0.4 is 9.62 Å². The maximum absolute atomic E-state index is 13.6. The molecule has 1 atom stereocenters. The van der Waals surface area contributed by atoms with Crippen molar-refractivity contribution in [3.8, 4) is 0 Å². The highest BCUT2D eigenvalue weighted by molar-refractivity contribution is 7.81. The fourth-order valence-corrected chi connectivity index (χ4v) is 4.86. The van der Waals surface area contributed by atoms with Crippen LogP contribution in [0.25, 0.3) is 0 Å². The lowest BCUT2D eigenvalue weighted by Crippen LogP contribution is -2.30. The summed E-state index contributed by atoms with van der Waals surface area (Å²) in [5.74, 6) is -1.41. The maximum atomic E-state index is 13.6. The summed E-state index contributed by atoms with van der Waals surface area (Å²) in [4.78, 5) is 13.0. The number of nitrogens with one attached hydrogen (secondary N) is 1. The molecule has 0 aliphatic rings. The molecule has 4 rings (SSSR count). The first-order valence-corrected chi connectivity index (χ1v) is 12.9. The Morgan fingerprint density at radius 3 is 2.37 bits per heavy atom. The SMILES string of the molecule is O=C(NCCc1ccc(F)cc1)c1ccc(C(F)(F)F)cc1N(c1nsnc1Cc1ccccc1)S(=O)[O-]. The predicted molar refractivity (Wildman–Crippen MR) is 134 cm³/mol. The lowest BCUT2D eigenvalue weighted by Gasteiger charge is -2.27. The van der Waals surface area contributed by atoms with Crippen molar-refractivity contribution in [2.75, 3.05) is 10.8 Å². The smallest absolute Gasteiger partial charge is 0.416 e. The Labute approximate surface area is 221 Å². The second-order valence-electron chi connectivity index (χ2n) is 8.07. The average molecular weight is 564 g/mol. The molecule has 0 aliphatic heterocycles. The van der Waals surface area contributed by atoms with Gasteiger partial charge in [-0.15, -0.1) is 0 Å². The number of alkyl halides is 3. The van der Waals surface area contributed by atoms with Gasteiger partial charge in [0.2, 0.25) is 0 Å². The zero-order chi connectivity index (χ0) is 27.3. The first-order valence-electron chi connectivity index (χ1n) is 11.1. The van der Waals surface area contributed by atoms with Crippen molar-refractivity contribution in [2.45, 2.75) is 19.0 Å². The Bertz CT molecular complexity index is 1430. The van der Waals surface area contributed by atoms with Gasteiger partial charge >= 0.3 is 6.18 Å². The monoisotopic (exact) mass is 563 g/mol. The lowest BCUT2D eigenvalue weighted by molar-refractivity contribution is -0.137. The molecule has 1 N–H and O–H groups in total. The van der Waals surface area contributed by atoms with Gasteiger partial charge in [0.05, 0.1) is 39.8 Å². The van der Waals surface area contributed by atoms with E-state index in [9.17, 15) is 31.1 Å². The highest BCUT2D eigenvalue weighted by atomic mass is 32.2. The highest BCUT2D eigenvalue weighted by Gasteiger charge is 2.33. The van der Waals surface area contributed by atoms with Gasteiger partial charge in [-0.3, -0.25) is 13.3 Å². The number of hydrogen-bond acceptors (Lipinski definition) is 6. The molecule has 4 aromatic rings. The van der Waals surface area contributed by atoms with Crippen molar-refractivity contribution in [2.24, 2.45) is 0 Å². The van der Waals surface area contributed by atoms with Crippen molar-refractivity contribution in [3.05, 3.63) is 107 Å². The quantitative estimate of drug-likeness (QED) is 0.223. The standard InChI is InChI=1S/C25H20F4N4O3S2/c26-19-9-6-16(7-10-19)12-13-30-24(34)20-11-8-18(25(27,28)29)15-22(20)33(38(35)36)23-21(31-37-32-23)14-17-4-2-1-3-5-17/h1-11,15H,12-14H2,(H,30,34)(H,35,36)/p-1. The van der Waals surface area contributed by atoms with Crippen molar-refractivity contribution in [1.82, 2.24) is 14.1 Å². The molecule has 1 heterocycles. The van der Waals surface area contributed by atoms with E-state index in [0.29, 0.717) is 34.6 Å². The highest BCUT2D eigenvalue weighted by Crippen LogP contribution is 2.37. The number of anilines is 2. The second-order valence-corrected chi connectivity index (χ2v) is 9.40. The van der Waals surface area contributed by atoms with E-state index in [4.69, 9.17) is 0 Å². The van der Waals surface area contributed by atoms with Gasteiger partial charge in [-0.2, -0.15) is 21.9 Å². The van der Waals surface area contributed by atoms with E-state index in [1.807, 2.05) is 0 Å². The number of halogens is 4. The van der Waals surface area contributed by atoms with Crippen LogP contribution in [0, 0.1) is 5.82 Å². The molecule has 1 unspecified atom stereocenters. The summed E-state index contributed by atoms with van der Waals surface area (Å²) in [5, 5.41) is 2.58. The Balaban J connectivity index is 1.68. The summed E-state index contributed by atoms with van der Waals surface area (Å²) >= 11 is -2.45. The minimum absolute atomic E-state index is 0.0723. The van der Waals surface area contributed by atoms with Crippen LogP contribution in [0.1, 0.15) is 32.7 Å².